The summed E-state index contributed by atoms with van der Waals surface area (Å²) in [7, 11) is 0. The normalized spacial score (nSPS) is 17.2. The first-order valence-corrected chi connectivity index (χ1v) is 5.87. The van der Waals surface area contributed by atoms with Gasteiger partial charge in [-0.2, -0.15) is 8.78 Å². The van der Waals surface area contributed by atoms with E-state index in [1.54, 1.807) is 5.43 Å². The van der Waals surface area contributed by atoms with Crippen LogP contribution in [-0.4, -0.2) is 22.5 Å². The zero-order chi connectivity index (χ0) is 15.0. The van der Waals surface area contributed by atoms with E-state index < -0.39 is 29.1 Å². The molecular weight excluding hydrogens is 280 g/mol. The minimum atomic E-state index is -3.98. The van der Waals surface area contributed by atoms with Gasteiger partial charge >= 0.3 is 11.8 Å². The fourth-order valence-electron chi connectivity index (χ4n) is 1.87. The van der Waals surface area contributed by atoms with Crippen LogP contribution in [0.2, 0.25) is 0 Å². The van der Waals surface area contributed by atoms with E-state index in [4.69, 9.17) is 0 Å². The molecule has 110 valence electrons. The molecule has 1 amide bonds. The third-order valence-corrected chi connectivity index (χ3v) is 3.23. The Kier molecular flexibility index (Phi) is 3.59. The quantitative estimate of drug-likeness (QED) is 0.587. The summed E-state index contributed by atoms with van der Waals surface area (Å²) >= 11 is 0. The fraction of sp³-hybridized carbons (Fsp3) is 0.417. The number of amides is 1. The number of hydrazine groups is 1. The smallest absolute Gasteiger partial charge is 0.354 e. The van der Waals surface area contributed by atoms with Crippen molar-refractivity contribution in [3.05, 3.63) is 29.8 Å². The second-order valence-corrected chi connectivity index (χ2v) is 4.70. The summed E-state index contributed by atoms with van der Waals surface area (Å²) < 4.78 is 53.0. The highest BCUT2D eigenvalue weighted by atomic mass is 19.3. The highest BCUT2D eigenvalue weighted by Gasteiger charge is 2.61. The predicted molar refractivity (Wildman–Crippen MR) is 61.9 cm³/mol. The maximum atomic E-state index is 13.7. The Morgan fingerprint density at radius 1 is 1.20 bits per heavy atom. The lowest BCUT2D eigenvalue weighted by Crippen LogP contribution is -2.61. The largest absolute Gasteiger partial charge is 0.383 e. The first-order valence-electron chi connectivity index (χ1n) is 5.87. The molecule has 0 unspecified atom stereocenters. The van der Waals surface area contributed by atoms with Gasteiger partial charge in [-0.3, -0.25) is 15.6 Å². The highest BCUT2D eigenvalue weighted by molar-refractivity contribution is 5.86. The fourth-order valence-corrected chi connectivity index (χ4v) is 1.87. The molecule has 1 fully saturated rings. The van der Waals surface area contributed by atoms with Gasteiger partial charge in [-0.25, -0.2) is 8.78 Å². The van der Waals surface area contributed by atoms with Crippen LogP contribution in [0, 0.1) is 11.6 Å². The first kappa shape index (κ1) is 14.6. The van der Waals surface area contributed by atoms with E-state index in [1.807, 2.05) is 5.43 Å². The van der Waals surface area contributed by atoms with Gasteiger partial charge in [-0.15, -0.1) is 0 Å². The zero-order valence-electron chi connectivity index (χ0n) is 10.2. The third-order valence-electron chi connectivity index (χ3n) is 3.23. The van der Waals surface area contributed by atoms with Gasteiger partial charge in [-0.05, 0) is 31.4 Å². The Bertz CT molecular complexity index is 512. The number of halogens is 4. The molecule has 1 aromatic rings. The van der Waals surface area contributed by atoms with Crippen molar-refractivity contribution in [1.82, 2.24) is 5.43 Å². The van der Waals surface area contributed by atoms with E-state index in [0.717, 1.165) is 12.1 Å². The van der Waals surface area contributed by atoms with Crippen LogP contribution >= 0.6 is 0 Å². The monoisotopic (exact) mass is 292 g/mol. The summed E-state index contributed by atoms with van der Waals surface area (Å²) in [4.78, 5) is 11.4. The average Bonchev–Trinajstić information content (AvgIpc) is 2.31. The minimum absolute atomic E-state index is 0.179. The van der Waals surface area contributed by atoms with Crippen LogP contribution in [0.15, 0.2) is 18.2 Å². The lowest BCUT2D eigenvalue weighted by atomic mass is 9.75. The average molecular weight is 292 g/mol. The van der Waals surface area contributed by atoms with Gasteiger partial charge in [0, 0.05) is 6.07 Å². The molecule has 1 aliphatic rings. The molecule has 8 heteroatoms. The van der Waals surface area contributed by atoms with Crippen molar-refractivity contribution in [3.63, 3.8) is 0 Å². The molecular formula is C12H12F4N2O2. The Labute approximate surface area is 111 Å². The van der Waals surface area contributed by atoms with E-state index in [-0.39, 0.29) is 18.5 Å². The standard InChI is InChI=1S/C12H12F4N2O2/c13-7-4-8(14)6-9(5-7)17-18-10(19)12(15,16)11(20)2-1-3-11/h4-6,17,20H,1-3H2,(H,18,19). The van der Waals surface area contributed by atoms with Gasteiger partial charge in [0.2, 0.25) is 0 Å². The molecule has 20 heavy (non-hydrogen) atoms. The van der Waals surface area contributed by atoms with Crippen molar-refractivity contribution >= 4 is 11.6 Å². The molecule has 0 spiro atoms. The molecule has 0 heterocycles. The van der Waals surface area contributed by atoms with Crippen LogP contribution in [0.4, 0.5) is 23.2 Å². The lowest BCUT2D eigenvalue weighted by molar-refractivity contribution is -0.215. The summed E-state index contributed by atoms with van der Waals surface area (Å²) in [6.45, 7) is 0. The predicted octanol–water partition coefficient (Wildman–Crippen LogP) is 1.96. The number of alkyl halides is 2. The number of hydrogen-bond donors (Lipinski definition) is 3. The molecule has 0 aromatic heterocycles. The van der Waals surface area contributed by atoms with Gasteiger partial charge < -0.3 is 5.11 Å². The zero-order valence-corrected chi connectivity index (χ0v) is 10.2. The number of rotatable bonds is 4. The Balaban J connectivity index is 2.01. The number of nitrogens with one attached hydrogen (secondary N) is 2. The third kappa shape index (κ3) is 2.55. The topological polar surface area (TPSA) is 61.4 Å². The maximum absolute atomic E-state index is 13.7. The van der Waals surface area contributed by atoms with Crippen molar-refractivity contribution in [2.45, 2.75) is 30.8 Å². The van der Waals surface area contributed by atoms with Crippen LogP contribution in [0.5, 0.6) is 0 Å². The van der Waals surface area contributed by atoms with Gasteiger partial charge in [0.05, 0.1) is 5.69 Å². The SMILES string of the molecule is O=C(NNc1cc(F)cc(F)c1)C(F)(F)C1(O)CCC1. The van der Waals surface area contributed by atoms with Gasteiger partial charge in [-0.1, -0.05) is 0 Å². The van der Waals surface area contributed by atoms with Crippen LogP contribution < -0.4 is 10.9 Å². The molecule has 2 rings (SSSR count). The van der Waals surface area contributed by atoms with Crippen LogP contribution in [-0.2, 0) is 4.79 Å². The summed E-state index contributed by atoms with van der Waals surface area (Å²) in [5.41, 5.74) is 1.03. The highest BCUT2D eigenvalue weighted by Crippen LogP contribution is 2.44. The number of benzene rings is 1. The van der Waals surface area contributed by atoms with E-state index >= 15 is 0 Å². The van der Waals surface area contributed by atoms with Crippen molar-refractivity contribution in [2.75, 3.05) is 5.43 Å². The second kappa shape index (κ2) is 4.93. The summed E-state index contributed by atoms with van der Waals surface area (Å²) in [6.07, 6.45) is 0.0476. The number of anilines is 1. The van der Waals surface area contributed by atoms with E-state index in [2.05, 4.69) is 0 Å². The van der Waals surface area contributed by atoms with E-state index in [9.17, 15) is 27.5 Å². The Hall–Kier alpha value is -1.83. The molecule has 0 saturated heterocycles. The summed E-state index contributed by atoms with van der Waals surface area (Å²) in [5.74, 6) is -7.59. The molecule has 0 atom stereocenters. The Morgan fingerprint density at radius 2 is 1.75 bits per heavy atom. The van der Waals surface area contributed by atoms with Gasteiger partial charge in [0.25, 0.3) is 0 Å². The first-order chi connectivity index (χ1) is 9.24. The van der Waals surface area contributed by atoms with Gasteiger partial charge in [0.15, 0.2) is 0 Å². The molecule has 1 saturated carbocycles. The van der Waals surface area contributed by atoms with E-state index in [1.165, 1.54) is 0 Å². The maximum Gasteiger partial charge on any atom is 0.354 e. The molecule has 0 radical (unpaired) electrons. The molecule has 4 nitrogen and oxygen atoms in total. The number of carbonyl (C=O) groups is 1. The lowest BCUT2D eigenvalue weighted by Gasteiger charge is -2.41. The summed E-state index contributed by atoms with van der Waals surface area (Å²) in [6, 6.07) is 2.23. The molecule has 1 aromatic carbocycles. The molecule has 0 bridgehead atoms. The molecule has 1 aliphatic carbocycles. The molecule has 0 aliphatic heterocycles. The number of hydrogen-bond acceptors (Lipinski definition) is 3. The molecule has 3 N–H and O–H groups in total. The van der Waals surface area contributed by atoms with Crippen molar-refractivity contribution in [3.8, 4) is 0 Å². The van der Waals surface area contributed by atoms with Crippen molar-refractivity contribution in [2.24, 2.45) is 0 Å². The van der Waals surface area contributed by atoms with Gasteiger partial charge in [0.1, 0.15) is 17.2 Å². The minimum Gasteiger partial charge on any atom is -0.383 e. The van der Waals surface area contributed by atoms with Crippen LogP contribution in [0.1, 0.15) is 19.3 Å². The van der Waals surface area contributed by atoms with Crippen LogP contribution in [0.3, 0.4) is 0 Å². The summed E-state index contributed by atoms with van der Waals surface area (Å²) in [5, 5.41) is 9.54. The van der Waals surface area contributed by atoms with Crippen LogP contribution in [0.25, 0.3) is 0 Å². The number of carbonyl (C=O) groups excluding carboxylic acids is 1. The number of aliphatic hydroxyl groups is 1. The second-order valence-electron chi connectivity index (χ2n) is 4.70. The Morgan fingerprint density at radius 3 is 2.20 bits per heavy atom. The van der Waals surface area contributed by atoms with Crippen molar-refractivity contribution in [1.29, 1.82) is 0 Å². The van der Waals surface area contributed by atoms with E-state index in [0.29, 0.717) is 12.5 Å². The van der Waals surface area contributed by atoms with Crippen molar-refractivity contribution < 1.29 is 27.5 Å².